The first kappa shape index (κ1) is 77.1. The number of aryl methyl sites for hydroxylation is 1. The Labute approximate surface area is 578 Å². The lowest BCUT2D eigenvalue weighted by Crippen LogP contribution is -2.13. The Morgan fingerprint density at radius 1 is 0.330 bits per heavy atom. The lowest BCUT2D eigenvalue weighted by Gasteiger charge is -2.40. The molecule has 5 aromatic carbocycles. The first-order valence-corrected chi connectivity index (χ1v) is 37.6. The molecule has 20 nitrogen and oxygen atoms in total. The summed E-state index contributed by atoms with van der Waals surface area (Å²) < 4.78 is 274. The molecule has 0 fully saturated rings. The third kappa shape index (κ3) is 21.3. The van der Waals surface area contributed by atoms with E-state index in [0.717, 1.165) is 16.2 Å². The van der Waals surface area contributed by atoms with Crippen LogP contribution in [0.2, 0.25) is 4.34 Å². The van der Waals surface area contributed by atoms with Gasteiger partial charge in [0.1, 0.15) is 19.6 Å². The Bertz CT molecular complexity index is 4980. The van der Waals surface area contributed by atoms with E-state index in [1.807, 2.05) is 13.0 Å². The van der Waals surface area contributed by atoms with Gasteiger partial charge in [-0.15, -0.1) is 54.4 Å². The number of nitrogens with one attached hydrogen (secondary N) is 4. The fourth-order valence-electron chi connectivity index (χ4n) is 7.60. The van der Waals surface area contributed by atoms with Gasteiger partial charge in [0.25, 0.3) is 41.3 Å². The van der Waals surface area contributed by atoms with Gasteiger partial charge >= 0.3 is 65.0 Å². The van der Waals surface area contributed by atoms with Gasteiger partial charge in [0.05, 0.1) is 19.0 Å². The van der Waals surface area contributed by atoms with Gasteiger partial charge in [0.2, 0.25) is 5.89 Å². The molecule has 0 atom stereocenters. The first-order valence-electron chi connectivity index (χ1n) is 26.9. The molecule has 4 amide bonds. The van der Waals surface area contributed by atoms with Crippen molar-refractivity contribution in [1.29, 1.82) is 0 Å². The number of aromatic nitrogens is 8. The molecular weight excluding hydrogens is 1600 g/mol. The highest BCUT2D eigenvalue weighted by Gasteiger charge is 2.68. The molecule has 0 radical (unpaired) electrons. The van der Waals surface area contributed by atoms with Gasteiger partial charge in [0, 0.05) is 32.7 Å². The van der Waals surface area contributed by atoms with E-state index in [4.69, 9.17) is 29.3 Å². The standard InChI is InChI=1S/C15H10F5N3O2S.C14H10F5N3O2S2.C13H7ClF5N3O2S2.C13H8F5N3O2S2/c16-26(17,18,19,20)12-8-6-10(7-9-12)13(24)21-15-23-22-14(25-15)11-4-2-1-3-5-11;1-8-2-7-11(25-8)13-21-22-14(24-13)20-12(23)9-3-5-10(6-4-9)26(15,16,17,18)19;14-10-6-5-9(25-10)12-21-22-13(24-12)20-11(23)7-1-3-8(4-2-7)26(15,16,17,18)19;14-25(15,16,17,18)9-5-3-8(4-6-9)11(22)19-13-21-20-12(23-13)10-2-1-7-24-10/h1-9H,(H,21,23,24);2-7H,1H3,(H,20,22,23);1-6H,(H,20,22,23);1-7H,(H,19,21,22). The molecule has 0 unspecified atom stereocenters. The van der Waals surface area contributed by atoms with Crippen molar-refractivity contribution in [2.24, 2.45) is 0 Å². The smallest absolute Gasteiger partial charge is 0.322 e. The van der Waals surface area contributed by atoms with Crippen LogP contribution in [0.3, 0.4) is 0 Å². The van der Waals surface area contributed by atoms with Crippen molar-refractivity contribution in [1.82, 2.24) is 40.8 Å². The van der Waals surface area contributed by atoms with Crippen molar-refractivity contribution >= 4 is 134 Å². The van der Waals surface area contributed by atoms with Crippen LogP contribution in [0.25, 0.3) is 43.8 Å². The number of amides is 4. The van der Waals surface area contributed by atoms with Crippen molar-refractivity contribution in [2.45, 2.75) is 26.5 Å². The largest absolute Gasteiger partial charge is 0.403 e. The number of benzene rings is 5. The molecule has 48 heteroatoms. The maximum atomic E-state index is 12.7. The lowest BCUT2D eigenvalue weighted by atomic mass is 10.2. The Balaban J connectivity index is 0.000000160. The summed E-state index contributed by atoms with van der Waals surface area (Å²) in [6.45, 7) is 1.88. The van der Waals surface area contributed by atoms with Gasteiger partial charge in [-0.25, -0.2) is 0 Å². The van der Waals surface area contributed by atoms with E-state index in [9.17, 15) is 96.9 Å². The Hall–Kier alpha value is -10.1. The van der Waals surface area contributed by atoms with Crippen molar-refractivity contribution in [3.63, 3.8) is 0 Å². The Morgan fingerprint density at radius 3 is 0.893 bits per heavy atom. The molecule has 7 heterocycles. The van der Waals surface area contributed by atoms with Crippen molar-refractivity contribution in [2.75, 3.05) is 21.3 Å². The molecule has 552 valence electrons. The highest BCUT2D eigenvalue weighted by molar-refractivity contribution is 8.46. The van der Waals surface area contributed by atoms with Crippen LogP contribution in [0.5, 0.6) is 0 Å². The minimum Gasteiger partial charge on any atom is -0.403 e. The molecule has 0 aliphatic rings. The van der Waals surface area contributed by atoms with Crippen LogP contribution >= 0.6 is 86.5 Å². The van der Waals surface area contributed by atoms with Crippen LogP contribution in [0.1, 0.15) is 46.3 Å². The molecular formula is C55H35ClF20N12O8S7. The summed E-state index contributed by atoms with van der Waals surface area (Å²) in [7, 11) is -39.1. The molecule has 0 bridgehead atoms. The van der Waals surface area contributed by atoms with E-state index in [2.05, 4.69) is 62.1 Å². The molecule has 0 aliphatic heterocycles. The predicted octanol–water partition coefficient (Wildman–Crippen LogP) is 23.7. The summed E-state index contributed by atoms with van der Waals surface area (Å²) in [4.78, 5) is 42.4. The number of halogens is 21. The summed E-state index contributed by atoms with van der Waals surface area (Å²) in [5, 5.41) is 39.7. The highest BCUT2D eigenvalue weighted by Crippen LogP contribution is 3.04. The van der Waals surface area contributed by atoms with E-state index in [1.54, 1.807) is 66.0 Å². The maximum Gasteiger partial charge on any atom is 0.322 e. The second-order valence-corrected chi connectivity index (χ2v) is 33.9. The quantitative estimate of drug-likeness (QED) is 0.0655. The molecule has 12 aromatic rings. The van der Waals surface area contributed by atoms with Crippen molar-refractivity contribution < 1.29 is 115 Å². The fraction of sp³-hybridized carbons (Fsp3) is 0.0182. The van der Waals surface area contributed by atoms with Crippen LogP contribution in [-0.4, -0.2) is 64.4 Å². The summed E-state index contributed by atoms with van der Waals surface area (Å²) >= 11 is 9.64. The molecule has 7 aromatic heterocycles. The zero-order valence-electron chi connectivity index (χ0n) is 49.8. The average Bonchev–Trinajstić information content (AvgIpc) is 0.891. The number of hydrogen-bond acceptors (Lipinski definition) is 19. The summed E-state index contributed by atoms with van der Waals surface area (Å²) in [6, 6.07) is 24.0. The minimum atomic E-state index is -9.79. The maximum absolute atomic E-state index is 12.7. The molecule has 4 N–H and O–H groups in total. The van der Waals surface area contributed by atoms with Gasteiger partial charge in [-0.05, 0) is 152 Å². The number of nitrogens with zero attached hydrogens (tertiary/aromatic N) is 8. The van der Waals surface area contributed by atoms with Crippen LogP contribution in [0.15, 0.2) is 206 Å². The van der Waals surface area contributed by atoms with Crippen LogP contribution in [-0.2, 0) is 0 Å². The molecule has 0 saturated heterocycles. The topological polar surface area (TPSA) is 272 Å². The summed E-state index contributed by atoms with van der Waals surface area (Å²) in [6.07, 6.45) is 0. The van der Waals surface area contributed by atoms with E-state index in [-0.39, 0.29) is 118 Å². The van der Waals surface area contributed by atoms with Gasteiger partial charge in [0.15, 0.2) is 0 Å². The van der Waals surface area contributed by atoms with Gasteiger partial charge in [-0.2, -0.15) is 0 Å². The lowest BCUT2D eigenvalue weighted by molar-refractivity contribution is 0.101. The fourth-order valence-corrected chi connectivity index (χ4v) is 12.6. The van der Waals surface area contributed by atoms with Crippen molar-refractivity contribution in [3.05, 3.63) is 201 Å². The number of carbonyl (C=O) groups excluding carboxylic acids is 4. The van der Waals surface area contributed by atoms with Gasteiger partial charge in [-0.3, -0.25) is 40.4 Å². The SMILES string of the molecule is Cc1ccc(-c2nnc(NC(=O)c3ccc(S(F)(F)(F)(F)F)cc3)o2)s1.O=C(Nc1nnc(-c2ccc(Cl)s2)o1)c1ccc(S(F)(F)(F)(F)F)cc1.O=C(Nc1nnc(-c2ccccc2)o1)c1ccc(S(F)(F)(F)(F)F)cc1.O=C(Nc1nnc(-c2cccs2)o1)c1ccc(S(F)(F)(F)(F)F)cc1. The normalized spacial score (nSPS) is 14.5. The minimum absolute atomic E-state index is 0.0773. The molecule has 0 aliphatic carbocycles. The highest BCUT2D eigenvalue weighted by atomic mass is 35.5. The zero-order chi connectivity index (χ0) is 75.9. The number of anilines is 4. The summed E-state index contributed by atoms with van der Waals surface area (Å²) in [5.41, 5.74) is -0.533. The summed E-state index contributed by atoms with van der Waals surface area (Å²) in [5.74, 6) is -3.03. The second kappa shape index (κ2) is 24.8. The predicted molar refractivity (Wildman–Crippen MR) is 345 cm³/mol. The van der Waals surface area contributed by atoms with Gasteiger partial charge < -0.3 is 17.7 Å². The monoisotopic (exact) mass is 1630 g/mol. The van der Waals surface area contributed by atoms with Crippen LogP contribution < -0.4 is 21.3 Å². The van der Waals surface area contributed by atoms with E-state index in [1.165, 1.54) is 22.7 Å². The van der Waals surface area contributed by atoms with Gasteiger partial charge in [-0.1, -0.05) is 134 Å². The molecule has 0 spiro atoms. The zero-order valence-corrected chi connectivity index (χ0v) is 56.3. The molecule has 0 saturated carbocycles. The number of hydrogen-bond donors (Lipinski definition) is 4. The molecule has 12 rings (SSSR count). The third-order valence-corrected chi connectivity index (χ3v) is 20.0. The third-order valence-electron chi connectivity index (χ3n) is 12.3. The van der Waals surface area contributed by atoms with Crippen LogP contribution in [0, 0.1) is 6.92 Å². The van der Waals surface area contributed by atoms with E-state index < -0.39 is 84.1 Å². The van der Waals surface area contributed by atoms with Crippen molar-refractivity contribution in [3.8, 4) is 43.8 Å². The Kier molecular flexibility index (Phi) is 18.6. The average molecular weight is 1630 g/mol. The second-order valence-electron chi connectivity index (χ2n) is 20.3. The van der Waals surface area contributed by atoms with E-state index in [0.29, 0.717) is 73.1 Å². The Morgan fingerprint density at radius 2 is 0.621 bits per heavy atom. The number of thiophene rings is 3. The van der Waals surface area contributed by atoms with Crippen LogP contribution in [0.4, 0.5) is 102 Å². The molecule has 103 heavy (non-hydrogen) atoms. The number of rotatable bonds is 16. The van der Waals surface area contributed by atoms with E-state index >= 15 is 0 Å². The number of carbonyl (C=O) groups is 4. The first-order chi connectivity index (χ1) is 47.0.